The second kappa shape index (κ2) is 7.33. The van der Waals surface area contributed by atoms with E-state index in [0.29, 0.717) is 17.3 Å². The van der Waals surface area contributed by atoms with Crippen LogP contribution in [0.25, 0.3) is 0 Å². The molecule has 1 heterocycles. The molecule has 1 atom stereocenters. The molecule has 25 heavy (non-hydrogen) atoms. The van der Waals surface area contributed by atoms with Gasteiger partial charge < -0.3 is 10.1 Å². The third kappa shape index (κ3) is 3.57. The van der Waals surface area contributed by atoms with Gasteiger partial charge in [-0.3, -0.25) is 9.59 Å². The van der Waals surface area contributed by atoms with Crippen molar-refractivity contribution in [3.05, 3.63) is 52.5 Å². The van der Waals surface area contributed by atoms with Crippen molar-refractivity contribution in [1.29, 1.82) is 0 Å². The highest BCUT2D eigenvalue weighted by Crippen LogP contribution is 2.35. The van der Waals surface area contributed by atoms with Crippen molar-refractivity contribution in [1.82, 2.24) is 0 Å². The van der Waals surface area contributed by atoms with E-state index in [1.165, 1.54) is 0 Å². The van der Waals surface area contributed by atoms with Crippen LogP contribution in [0.2, 0.25) is 10.0 Å². The molecule has 0 bridgehead atoms. The minimum Gasteiger partial charge on any atom is -0.494 e. The van der Waals surface area contributed by atoms with Gasteiger partial charge in [-0.05, 0) is 43.3 Å². The van der Waals surface area contributed by atoms with Crippen molar-refractivity contribution in [3.63, 3.8) is 0 Å². The highest BCUT2D eigenvalue weighted by Gasteiger charge is 2.40. The number of halogens is 2. The van der Waals surface area contributed by atoms with Gasteiger partial charge in [0.2, 0.25) is 5.91 Å². The number of rotatable bonds is 5. The number of benzene rings is 2. The van der Waals surface area contributed by atoms with Crippen molar-refractivity contribution < 1.29 is 14.3 Å². The lowest BCUT2D eigenvalue weighted by atomic mass is 10.2. The third-order valence-electron chi connectivity index (χ3n) is 3.82. The topological polar surface area (TPSA) is 58.6 Å². The summed E-state index contributed by atoms with van der Waals surface area (Å²) in [7, 11) is 0. The molecule has 1 aliphatic heterocycles. The molecule has 7 heteroatoms. The fourth-order valence-electron chi connectivity index (χ4n) is 2.68. The van der Waals surface area contributed by atoms with Crippen molar-refractivity contribution in [2.75, 3.05) is 16.8 Å². The molecular weight excluding hydrogens is 363 g/mol. The van der Waals surface area contributed by atoms with Crippen LogP contribution in [0.5, 0.6) is 5.75 Å². The van der Waals surface area contributed by atoms with E-state index in [-0.39, 0.29) is 23.3 Å². The summed E-state index contributed by atoms with van der Waals surface area (Å²) in [5.74, 6) is 0.0647. The average molecular weight is 379 g/mol. The normalized spacial score (nSPS) is 17.1. The monoisotopic (exact) mass is 378 g/mol. The van der Waals surface area contributed by atoms with Gasteiger partial charge in [0.05, 0.1) is 28.8 Å². The zero-order chi connectivity index (χ0) is 18.0. The molecule has 2 amide bonds. The molecule has 2 aromatic rings. The summed E-state index contributed by atoms with van der Waals surface area (Å²) in [6.07, 6.45) is 0.0505. The number of nitrogens with one attached hydrogen (secondary N) is 1. The van der Waals surface area contributed by atoms with Crippen LogP contribution in [-0.2, 0) is 9.59 Å². The molecule has 0 saturated carbocycles. The Kier molecular flexibility index (Phi) is 5.16. The van der Waals surface area contributed by atoms with Crippen LogP contribution in [-0.4, -0.2) is 24.5 Å². The van der Waals surface area contributed by atoms with Crippen LogP contribution >= 0.6 is 23.2 Å². The zero-order valence-corrected chi connectivity index (χ0v) is 15.0. The van der Waals surface area contributed by atoms with Crippen LogP contribution in [0.1, 0.15) is 13.3 Å². The van der Waals surface area contributed by atoms with Gasteiger partial charge in [-0.2, -0.15) is 0 Å². The van der Waals surface area contributed by atoms with Crippen molar-refractivity contribution >= 4 is 46.4 Å². The lowest BCUT2D eigenvalue weighted by Gasteiger charge is -2.18. The van der Waals surface area contributed by atoms with Crippen LogP contribution < -0.4 is 15.0 Å². The molecule has 130 valence electrons. The average Bonchev–Trinajstić information content (AvgIpc) is 2.86. The number of anilines is 2. The first-order valence-corrected chi connectivity index (χ1v) is 8.57. The smallest absolute Gasteiger partial charge is 0.256 e. The van der Waals surface area contributed by atoms with E-state index in [1.54, 1.807) is 42.5 Å². The van der Waals surface area contributed by atoms with E-state index in [2.05, 4.69) is 5.32 Å². The Morgan fingerprint density at radius 2 is 1.88 bits per heavy atom. The largest absolute Gasteiger partial charge is 0.494 e. The molecule has 1 saturated heterocycles. The van der Waals surface area contributed by atoms with Crippen LogP contribution in [0.3, 0.4) is 0 Å². The number of nitrogens with zero attached hydrogens (tertiary/aromatic N) is 1. The van der Waals surface area contributed by atoms with Gasteiger partial charge >= 0.3 is 0 Å². The van der Waals surface area contributed by atoms with Gasteiger partial charge in [-0.1, -0.05) is 29.3 Å². The molecule has 1 unspecified atom stereocenters. The number of carbonyl (C=O) groups excluding carboxylic acids is 2. The maximum Gasteiger partial charge on any atom is 0.256 e. The highest BCUT2D eigenvalue weighted by molar-refractivity contribution is 6.45. The molecule has 0 aliphatic carbocycles. The maximum atomic E-state index is 12.7. The number of amides is 2. The number of imide groups is 1. The fraction of sp³-hybridized carbons (Fsp3) is 0.222. The van der Waals surface area contributed by atoms with Gasteiger partial charge in [0.1, 0.15) is 11.8 Å². The summed E-state index contributed by atoms with van der Waals surface area (Å²) in [4.78, 5) is 26.1. The summed E-state index contributed by atoms with van der Waals surface area (Å²) >= 11 is 12.1. The third-order valence-corrected chi connectivity index (χ3v) is 4.63. The molecule has 0 spiro atoms. The second-order valence-electron chi connectivity index (χ2n) is 5.50. The number of carbonyl (C=O) groups is 2. The van der Waals surface area contributed by atoms with Gasteiger partial charge in [-0.15, -0.1) is 0 Å². The van der Waals surface area contributed by atoms with E-state index in [9.17, 15) is 9.59 Å². The number of hydrogen-bond donors (Lipinski definition) is 1. The van der Waals surface area contributed by atoms with E-state index in [0.717, 1.165) is 16.3 Å². The SMILES string of the molecule is CCOc1ccc(NC2CC(=O)N(c3cccc(Cl)c3Cl)C2=O)cc1. The van der Waals surface area contributed by atoms with Gasteiger partial charge in [0, 0.05) is 5.69 Å². The van der Waals surface area contributed by atoms with Crippen LogP contribution in [0, 0.1) is 0 Å². The first-order chi connectivity index (χ1) is 12.0. The standard InChI is InChI=1S/C18H16Cl2N2O3/c1-2-25-12-8-6-11(7-9-12)21-14-10-16(23)22(18(14)24)15-5-3-4-13(19)17(15)20/h3-9,14,21H,2,10H2,1H3. The Morgan fingerprint density at radius 1 is 1.16 bits per heavy atom. The van der Waals surface area contributed by atoms with Crippen LogP contribution in [0.15, 0.2) is 42.5 Å². The van der Waals surface area contributed by atoms with E-state index < -0.39 is 6.04 Å². The summed E-state index contributed by atoms with van der Waals surface area (Å²) in [6.45, 7) is 2.49. The van der Waals surface area contributed by atoms with E-state index in [1.807, 2.05) is 6.92 Å². The Bertz CT molecular complexity index is 808. The van der Waals surface area contributed by atoms with Crippen molar-refractivity contribution in [2.24, 2.45) is 0 Å². The molecule has 3 rings (SSSR count). The first kappa shape index (κ1) is 17.6. The second-order valence-corrected chi connectivity index (χ2v) is 6.28. The van der Waals surface area contributed by atoms with Crippen LogP contribution in [0.4, 0.5) is 11.4 Å². The summed E-state index contributed by atoms with van der Waals surface area (Å²) in [5, 5.41) is 3.56. The minimum atomic E-state index is -0.652. The summed E-state index contributed by atoms with van der Waals surface area (Å²) in [5.41, 5.74) is 1.04. The van der Waals surface area contributed by atoms with Crippen molar-refractivity contribution in [3.8, 4) is 5.75 Å². The highest BCUT2D eigenvalue weighted by atomic mass is 35.5. The summed E-state index contributed by atoms with van der Waals surface area (Å²) in [6, 6.07) is 11.4. The zero-order valence-electron chi connectivity index (χ0n) is 13.5. The van der Waals surface area contributed by atoms with Gasteiger partial charge in [0.15, 0.2) is 0 Å². The lowest BCUT2D eigenvalue weighted by Crippen LogP contribution is -2.35. The molecule has 1 N–H and O–H groups in total. The molecule has 2 aromatic carbocycles. The van der Waals surface area contributed by atoms with Gasteiger partial charge in [0.25, 0.3) is 5.91 Å². The first-order valence-electron chi connectivity index (χ1n) is 7.81. The molecule has 1 fully saturated rings. The minimum absolute atomic E-state index is 0.0505. The molecular formula is C18H16Cl2N2O3. The number of hydrogen-bond acceptors (Lipinski definition) is 4. The number of ether oxygens (including phenoxy) is 1. The summed E-state index contributed by atoms with van der Waals surface area (Å²) < 4.78 is 5.38. The quantitative estimate of drug-likeness (QED) is 0.794. The molecule has 1 aliphatic rings. The molecule has 5 nitrogen and oxygen atoms in total. The Balaban J connectivity index is 1.78. The lowest BCUT2D eigenvalue weighted by molar-refractivity contribution is -0.121. The molecule has 0 radical (unpaired) electrons. The predicted octanol–water partition coefficient (Wildman–Crippen LogP) is 4.14. The predicted molar refractivity (Wildman–Crippen MR) is 98.6 cm³/mol. The Morgan fingerprint density at radius 3 is 2.56 bits per heavy atom. The Hall–Kier alpha value is -2.24. The van der Waals surface area contributed by atoms with Crippen molar-refractivity contribution in [2.45, 2.75) is 19.4 Å². The van der Waals surface area contributed by atoms with Gasteiger partial charge in [-0.25, -0.2) is 4.90 Å². The fourth-order valence-corrected chi connectivity index (χ4v) is 3.06. The van der Waals surface area contributed by atoms with E-state index >= 15 is 0 Å². The Labute approximate surface area is 155 Å². The maximum absolute atomic E-state index is 12.7. The molecule has 0 aromatic heterocycles. The van der Waals surface area contributed by atoms with E-state index in [4.69, 9.17) is 27.9 Å².